The Bertz CT molecular complexity index is 854. The number of nitrogens with one attached hydrogen (secondary N) is 2. The molecule has 0 saturated heterocycles. The van der Waals surface area contributed by atoms with Crippen molar-refractivity contribution in [3.8, 4) is 0 Å². The highest BCUT2D eigenvalue weighted by molar-refractivity contribution is 8.01. The Hall–Kier alpha value is -2.95. The summed E-state index contributed by atoms with van der Waals surface area (Å²) >= 11 is 0.983. The van der Waals surface area contributed by atoms with Crippen LogP contribution in [0.5, 0.6) is 0 Å². The van der Waals surface area contributed by atoms with Crippen LogP contribution in [0.15, 0.2) is 28.8 Å². The zero-order valence-electron chi connectivity index (χ0n) is 15.0. The molecule has 0 aliphatic heterocycles. The van der Waals surface area contributed by atoms with Crippen molar-refractivity contribution in [3.63, 3.8) is 0 Å². The lowest BCUT2D eigenvalue weighted by molar-refractivity contribution is -0.144. The average Bonchev–Trinajstić information content (AvgIpc) is 3.05. The third-order valence-electron chi connectivity index (χ3n) is 3.29. The molecule has 0 bridgehead atoms. The van der Waals surface area contributed by atoms with Gasteiger partial charge in [0.25, 0.3) is 5.91 Å². The van der Waals surface area contributed by atoms with E-state index in [1.165, 1.54) is 0 Å². The molecule has 0 unspecified atom stereocenters. The minimum absolute atomic E-state index is 0.201. The van der Waals surface area contributed by atoms with Crippen molar-refractivity contribution in [2.24, 2.45) is 0 Å². The van der Waals surface area contributed by atoms with Gasteiger partial charge >= 0.3 is 5.97 Å². The van der Waals surface area contributed by atoms with E-state index in [4.69, 9.17) is 9.26 Å². The Labute approximate surface area is 163 Å². The SMILES string of the molecule is Cc1cc(NC(=O)[C@H](C)SCC(=O)OCC(=O)Nc2c(F)cccc2F)no1. The van der Waals surface area contributed by atoms with Gasteiger partial charge in [0.2, 0.25) is 5.91 Å². The van der Waals surface area contributed by atoms with Crippen molar-refractivity contribution in [2.75, 3.05) is 23.0 Å². The number of aryl methyl sites for hydroxylation is 1. The van der Waals surface area contributed by atoms with E-state index in [2.05, 4.69) is 10.5 Å². The number of para-hydroxylation sites is 1. The second kappa shape index (κ2) is 9.83. The Morgan fingerprint density at radius 1 is 1.25 bits per heavy atom. The highest BCUT2D eigenvalue weighted by atomic mass is 32.2. The third-order valence-corrected chi connectivity index (χ3v) is 4.41. The van der Waals surface area contributed by atoms with Gasteiger partial charge in [0.15, 0.2) is 12.4 Å². The normalized spacial score (nSPS) is 11.6. The lowest BCUT2D eigenvalue weighted by atomic mass is 10.3. The lowest BCUT2D eigenvalue weighted by Gasteiger charge is -2.10. The van der Waals surface area contributed by atoms with Crippen LogP contribution in [-0.2, 0) is 19.1 Å². The largest absolute Gasteiger partial charge is 0.455 e. The minimum atomic E-state index is -0.947. The number of carbonyl (C=O) groups is 3. The molecule has 2 amide bonds. The standard InChI is InChI=1S/C17H17F2N3O5S/c1-9-6-13(22-27-9)20-17(25)10(2)28-8-15(24)26-7-14(23)21-16-11(18)4-3-5-12(16)19/h3-6,10H,7-8H2,1-2H3,(H,21,23)(H,20,22,25)/t10-/m0/s1. The molecular formula is C17H17F2N3O5S. The van der Waals surface area contributed by atoms with Crippen molar-refractivity contribution in [3.05, 3.63) is 41.7 Å². The molecule has 8 nitrogen and oxygen atoms in total. The van der Waals surface area contributed by atoms with Crippen LogP contribution in [-0.4, -0.2) is 40.6 Å². The summed E-state index contributed by atoms with van der Waals surface area (Å²) in [5.74, 6) is -3.34. The molecular weight excluding hydrogens is 396 g/mol. The average molecular weight is 413 g/mol. The van der Waals surface area contributed by atoms with Crippen LogP contribution in [0, 0.1) is 18.6 Å². The molecule has 28 heavy (non-hydrogen) atoms. The van der Waals surface area contributed by atoms with Gasteiger partial charge in [-0.25, -0.2) is 8.78 Å². The van der Waals surface area contributed by atoms with Crippen LogP contribution in [0.1, 0.15) is 12.7 Å². The van der Waals surface area contributed by atoms with E-state index in [0.29, 0.717) is 5.76 Å². The van der Waals surface area contributed by atoms with Crippen LogP contribution in [0.3, 0.4) is 0 Å². The topological polar surface area (TPSA) is 111 Å². The van der Waals surface area contributed by atoms with E-state index in [-0.39, 0.29) is 17.5 Å². The van der Waals surface area contributed by atoms with Gasteiger partial charge in [0.1, 0.15) is 23.1 Å². The van der Waals surface area contributed by atoms with Crippen LogP contribution in [0.2, 0.25) is 0 Å². The van der Waals surface area contributed by atoms with Crippen molar-refractivity contribution >= 4 is 41.1 Å². The van der Waals surface area contributed by atoms with Gasteiger partial charge in [-0.1, -0.05) is 11.2 Å². The first-order valence-electron chi connectivity index (χ1n) is 8.01. The third kappa shape index (κ3) is 6.34. The number of ether oxygens (including phenoxy) is 1. The predicted octanol–water partition coefficient (Wildman–Crippen LogP) is 2.50. The molecule has 0 spiro atoms. The number of rotatable bonds is 8. The molecule has 1 heterocycles. The number of carbonyl (C=O) groups excluding carboxylic acids is 3. The number of thioether (sulfide) groups is 1. The second-order valence-electron chi connectivity index (χ2n) is 5.57. The number of esters is 1. The number of benzene rings is 1. The highest BCUT2D eigenvalue weighted by Gasteiger charge is 2.18. The number of nitrogens with zero attached hydrogens (tertiary/aromatic N) is 1. The van der Waals surface area contributed by atoms with Gasteiger partial charge in [-0.3, -0.25) is 14.4 Å². The molecule has 1 atom stereocenters. The van der Waals surface area contributed by atoms with Gasteiger partial charge < -0.3 is 19.9 Å². The zero-order chi connectivity index (χ0) is 20.7. The van der Waals surface area contributed by atoms with Crippen molar-refractivity contribution in [2.45, 2.75) is 19.1 Å². The fourth-order valence-electron chi connectivity index (χ4n) is 1.90. The molecule has 1 aromatic heterocycles. The Morgan fingerprint density at radius 3 is 2.54 bits per heavy atom. The summed E-state index contributed by atoms with van der Waals surface area (Å²) in [7, 11) is 0. The van der Waals surface area contributed by atoms with Crippen LogP contribution in [0.25, 0.3) is 0 Å². The summed E-state index contributed by atoms with van der Waals surface area (Å²) < 4.78 is 36.4. The molecule has 0 fully saturated rings. The van der Waals surface area contributed by atoms with Gasteiger partial charge in [-0.15, -0.1) is 11.8 Å². The molecule has 11 heteroatoms. The molecule has 0 aliphatic carbocycles. The number of amides is 2. The maximum atomic E-state index is 13.4. The molecule has 0 saturated carbocycles. The number of halogens is 2. The molecule has 0 radical (unpaired) electrons. The number of anilines is 2. The van der Waals surface area contributed by atoms with Crippen LogP contribution >= 0.6 is 11.8 Å². The highest BCUT2D eigenvalue weighted by Crippen LogP contribution is 2.18. The molecule has 150 valence electrons. The summed E-state index contributed by atoms with van der Waals surface area (Å²) in [5, 5.41) is 7.53. The van der Waals surface area contributed by atoms with E-state index >= 15 is 0 Å². The maximum Gasteiger partial charge on any atom is 0.316 e. The number of aromatic nitrogens is 1. The summed E-state index contributed by atoms with van der Waals surface area (Å²) in [4.78, 5) is 35.3. The van der Waals surface area contributed by atoms with E-state index in [0.717, 1.165) is 30.0 Å². The Kier molecular flexibility index (Phi) is 7.50. The fraction of sp³-hybridized carbons (Fsp3) is 0.294. The van der Waals surface area contributed by atoms with Crippen molar-refractivity contribution in [1.82, 2.24) is 5.16 Å². The monoisotopic (exact) mass is 413 g/mol. The van der Waals surface area contributed by atoms with Crippen molar-refractivity contribution in [1.29, 1.82) is 0 Å². The van der Waals surface area contributed by atoms with Gasteiger partial charge in [-0.05, 0) is 26.0 Å². The van der Waals surface area contributed by atoms with Crippen molar-refractivity contribution < 1.29 is 32.4 Å². The first kappa shape index (κ1) is 21.4. The first-order valence-corrected chi connectivity index (χ1v) is 9.06. The maximum absolute atomic E-state index is 13.4. The number of hydrogen-bond acceptors (Lipinski definition) is 7. The first-order chi connectivity index (χ1) is 13.3. The molecule has 2 N–H and O–H groups in total. The minimum Gasteiger partial charge on any atom is -0.455 e. The quantitative estimate of drug-likeness (QED) is 0.640. The van der Waals surface area contributed by atoms with Gasteiger partial charge in [-0.2, -0.15) is 0 Å². The molecule has 2 rings (SSSR count). The second-order valence-corrected chi connectivity index (χ2v) is 6.90. The van der Waals surface area contributed by atoms with E-state index in [9.17, 15) is 23.2 Å². The molecule has 2 aromatic rings. The van der Waals surface area contributed by atoms with E-state index < -0.39 is 41.1 Å². The lowest BCUT2D eigenvalue weighted by Crippen LogP contribution is -2.25. The summed E-state index contributed by atoms with van der Waals surface area (Å²) in [6.45, 7) is 2.54. The predicted molar refractivity (Wildman–Crippen MR) is 97.7 cm³/mol. The van der Waals surface area contributed by atoms with E-state index in [1.807, 2.05) is 5.32 Å². The van der Waals surface area contributed by atoms with Crippen LogP contribution < -0.4 is 10.6 Å². The van der Waals surface area contributed by atoms with Gasteiger partial charge in [0, 0.05) is 6.07 Å². The molecule has 0 aliphatic rings. The van der Waals surface area contributed by atoms with E-state index in [1.54, 1.807) is 19.9 Å². The number of hydrogen-bond donors (Lipinski definition) is 2. The van der Waals surface area contributed by atoms with Gasteiger partial charge in [0.05, 0.1) is 11.0 Å². The Balaban J connectivity index is 1.71. The molecule has 1 aromatic carbocycles. The van der Waals surface area contributed by atoms with Crippen LogP contribution in [0.4, 0.5) is 20.3 Å². The summed E-state index contributed by atoms with van der Waals surface area (Å²) in [5.41, 5.74) is -0.619. The fourth-order valence-corrected chi connectivity index (χ4v) is 2.58. The smallest absolute Gasteiger partial charge is 0.316 e. The summed E-state index contributed by atoms with van der Waals surface area (Å²) in [6.07, 6.45) is 0. The summed E-state index contributed by atoms with van der Waals surface area (Å²) in [6, 6.07) is 4.65. The zero-order valence-corrected chi connectivity index (χ0v) is 15.8. The Morgan fingerprint density at radius 2 is 1.93 bits per heavy atom.